The summed E-state index contributed by atoms with van der Waals surface area (Å²) in [5.74, 6) is -2.32. The molecule has 0 aliphatic carbocycles. The van der Waals surface area contributed by atoms with Crippen molar-refractivity contribution in [3.63, 3.8) is 0 Å². The van der Waals surface area contributed by atoms with Gasteiger partial charge in [-0.1, -0.05) is 15.9 Å². The summed E-state index contributed by atoms with van der Waals surface area (Å²) in [5.41, 5.74) is -0.218. The minimum atomic E-state index is -4.95. The van der Waals surface area contributed by atoms with Crippen molar-refractivity contribution in [1.29, 1.82) is 0 Å². The highest BCUT2D eigenvalue weighted by Gasteiger charge is 2.34. The molecular weight excluding hydrogens is 422 g/mol. The van der Waals surface area contributed by atoms with Crippen molar-refractivity contribution in [3.05, 3.63) is 21.0 Å². The number of carboxylic acid groups (broad SMARTS) is 1. The van der Waals surface area contributed by atoms with Crippen molar-refractivity contribution in [1.82, 2.24) is 4.98 Å². The van der Waals surface area contributed by atoms with Crippen LogP contribution in [0.4, 0.5) is 13.2 Å². The Bertz CT molecular complexity index is 452. The fourth-order valence-electron chi connectivity index (χ4n) is 1.00. The summed E-state index contributed by atoms with van der Waals surface area (Å²) in [7, 11) is 0. The van der Waals surface area contributed by atoms with Gasteiger partial charge in [-0.3, -0.25) is 4.98 Å². The Morgan fingerprint density at radius 1 is 1.59 bits per heavy atom. The lowest BCUT2D eigenvalue weighted by Crippen LogP contribution is -2.20. The van der Waals surface area contributed by atoms with Crippen molar-refractivity contribution in [2.75, 3.05) is 0 Å². The lowest BCUT2D eigenvalue weighted by molar-refractivity contribution is -0.274. The second kappa shape index (κ2) is 5.38. The molecule has 0 aromatic carbocycles. The van der Waals surface area contributed by atoms with Gasteiger partial charge in [0.1, 0.15) is 5.56 Å². The van der Waals surface area contributed by atoms with Crippen LogP contribution >= 0.6 is 38.5 Å². The fourth-order valence-corrected chi connectivity index (χ4v) is 2.78. The first kappa shape index (κ1) is 14.5. The molecule has 0 saturated carbocycles. The number of pyridine rings is 1. The zero-order valence-corrected chi connectivity index (χ0v) is 11.6. The molecule has 0 aliphatic heterocycles. The summed E-state index contributed by atoms with van der Waals surface area (Å²) >= 11 is 4.67. The average Bonchev–Trinajstić information content (AvgIpc) is 2.14. The Balaban J connectivity index is 3.32. The number of aromatic carboxylic acids is 1. The molecule has 1 N–H and O–H groups in total. The Morgan fingerprint density at radius 2 is 2.18 bits per heavy atom. The molecule has 0 aliphatic rings. The maximum atomic E-state index is 12.0. The van der Waals surface area contributed by atoms with Crippen LogP contribution in [0.25, 0.3) is 0 Å². The van der Waals surface area contributed by atoms with Crippen molar-refractivity contribution in [2.45, 2.75) is 11.7 Å². The summed E-state index contributed by atoms with van der Waals surface area (Å²) in [4.78, 5) is 14.6. The molecule has 17 heavy (non-hydrogen) atoms. The zero-order chi connectivity index (χ0) is 13.2. The number of halogens is 5. The van der Waals surface area contributed by atoms with E-state index >= 15 is 0 Å². The first-order valence-corrected chi connectivity index (χ1v) is 6.18. The predicted molar refractivity (Wildman–Crippen MR) is 63.2 cm³/mol. The molecule has 0 unspecified atom stereocenters. The van der Waals surface area contributed by atoms with E-state index in [4.69, 9.17) is 5.11 Å². The van der Waals surface area contributed by atoms with E-state index < -0.39 is 23.6 Å². The summed E-state index contributed by atoms with van der Waals surface area (Å²) in [6.45, 7) is 0. The van der Waals surface area contributed by atoms with E-state index in [0.717, 1.165) is 6.20 Å². The van der Waals surface area contributed by atoms with Crippen LogP contribution < -0.4 is 4.74 Å². The zero-order valence-electron chi connectivity index (χ0n) is 7.89. The maximum absolute atomic E-state index is 12.0. The van der Waals surface area contributed by atoms with Gasteiger partial charge >= 0.3 is 12.3 Å². The second-order valence-electron chi connectivity index (χ2n) is 2.74. The van der Waals surface area contributed by atoms with Gasteiger partial charge in [0.2, 0.25) is 0 Å². The fraction of sp³-hybridized carbons (Fsp3) is 0.250. The van der Waals surface area contributed by atoms with E-state index in [1.54, 1.807) is 22.6 Å². The molecule has 0 radical (unpaired) electrons. The quantitative estimate of drug-likeness (QED) is 0.597. The van der Waals surface area contributed by atoms with Crippen molar-refractivity contribution in [2.24, 2.45) is 0 Å². The van der Waals surface area contributed by atoms with Crippen molar-refractivity contribution >= 4 is 44.5 Å². The topological polar surface area (TPSA) is 59.4 Å². The molecule has 0 fully saturated rings. The highest BCUT2D eigenvalue weighted by Crippen LogP contribution is 2.30. The van der Waals surface area contributed by atoms with Crippen LogP contribution in [0.3, 0.4) is 0 Å². The normalized spacial score (nSPS) is 11.4. The van der Waals surface area contributed by atoms with Crippen LogP contribution in [0.15, 0.2) is 6.20 Å². The molecule has 0 bridgehead atoms. The molecular formula is C8H4BrF3INO3. The first-order chi connectivity index (χ1) is 7.76. The van der Waals surface area contributed by atoms with Gasteiger partial charge in [0.15, 0.2) is 5.75 Å². The molecule has 0 spiro atoms. The van der Waals surface area contributed by atoms with Gasteiger partial charge in [0, 0.05) is 5.33 Å². The minimum Gasteiger partial charge on any atom is -0.478 e. The van der Waals surface area contributed by atoms with E-state index in [2.05, 4.69) is 25.7 Å². The van der Waals surface area contributed by atoms with Gasteiger partial charge in [-0.15, -0.1) is 13.2 Å². The van der Waals surface area contributed by atoms with Crippen molar-refractivity contribution < 1.29 is 27.8 Å². The van der Waals surface area contributed by atoms with E-state index in [1.807, 2.05) is 0 Å². The molecule has 1 heterocycles. The van der Waals surface area contributed by atoms with E-state index in [0.29, 0.717) is 5.69 Å². The van der Waals surface area contributed by atoms with Crippen LogP contribution in [0, 0.1) is 3.57 Å². The number of carbonyl (C=O) groups is 1. The molecule has 1 rings (SSSR count). The number of ether oxygens (including phenoxy) is 1. The summed E-state index contributed by atoms with van der Waals surface area (Å²) in [5, 5.41) is 9.10. The van der Waals surface area contributed by atoms with Gasteiger partial charge in [-0.2, -0.15) is 0 Å². The summed E-state index contributed by atoms with van der Waals surface area (Å²) in [6, 6.07) is 0. The summed E-state index contributed by atoms with van der Waals surface area (Å²) < 4.78 is 39.8. The highest BCUT2D eigenvalue weighted by atomic mass is 127. The number of rotatable bonds is 3. The van der Waals surface area contributed by atoms with E-state index in [1.165, 1.54) is 0 Å². The van der Waals surface area contributed by atoms with Crippen LogP contribution in [0.1, 0.15) is 16.1 Å². The van der Waals surface area contributed by atoms with E-state index in [9.17, 15) is 18.0 Å². The molecule has 0 saturated heterocycles. The Morgan fingerprint density at radius 3 is 2.59 bits per heavy atom. The van der Waals surface area contributed by atoms with Crippen LogP contribution in [0.5, 0.6) is 5.75 Å². The monoisotopic (exact) mass is 425 g/mol. The van der Waals surface area contributed by atoms with Crippen LogP contribution in [-0.2, 0) is 5.33 Å². The van der Waals surface area contributed by atoms with E-state index in [-0.39, 0.29) is 8.90 Å². The standard InChI is InChI=1S/C8H4BrF3INO3/c9-1-3-6(13)5(7(15)16)4(2-14-3)17-8(10,11)12/h2H,1H2,(H,15,16). The molecule has 9 heteroatoms. The number of aromatic nitrogens is 1. The SMILES string of the molecule is O=C(O)c1c(OC(F)(F)F)cnc(CBr)c1I. The molecule has 1 aromatic heterocycles. The molecule has 1 aromatic rings. The Labute approximate surface area is 115 Å². The van der Waals surface area contributed by atoms with Gasteiger partial charge in [0.05, 0.1) is 15.5 Å². The Kier molecular flexibility index (Phi) is 4.58. The predicted octanol–water partition coefficient (Wildman–Crippen LogP) is 3.18. The van der Waals surface area contributed by atoms with Gasteiger partial charge in [-0.25, -0.2) is 4.79 Å². The number of alkyl halides is 4. The molecule has 0 atom stereocenters. The molecule has 4 nitrogen and oxygen atoms in total. The lowest BCUT2D eigenvalue weighted by Gasteiger charge is -2.13. The van der Waals surface area contributed by atoms with Crippen LogP contribution in [-0.4, -0.2) is 22.4 Å². The maximum Gasteiger partial charge on any atom is 0.573 e. The summed E-state index contributed by atoms with van der Waals surface area (Å²) in [6.07, 6.45) is -4.21. The van der Waals surface area contributed by atoms with Gasteiger partial charge in [0.25, 0.3) is 0 Å². The number of hydrogen-bond donors (Lipinski definition) is 1. The largest absolute Gasteiger partial charge is 0.573 e. The van der Waals surface area contributed by atoms with Gasteiger partial charge < -0.3 is 9.84 Å². The second-order valence-corrected chi connectivity index (χ2v) is 4.38. The number of hydrogen-bond acceptors (Lipinski definition) is 3. The number of nitrogens with zero attached hydrogens (tertiary/aromatic N) is 1. The van der Waals surface area contributed by atoms with Gasteiger partial charge in [-0.05, 0) is 22.6 Å². The average molecular weight is 426 g/mol. The third-order valence-electron chi connectivity index (χ3n) is 1.62. The lowest BCUT2D eigenvalue weighted by atomic mass is 10.2. The third-order valence-corrected chi connectivity index (χ3v) is 3.32. The first-order valence-electron chi connectivity index (χ1n) is 3.98. The minimum absolute atomic E-state index is 0.105. The third kappa shape index (κ3) is 3.69. The molecule has 0 amide bonds. The highest BCUT2D eigenvalue weighted by molar-refractivity contribution is 14.1. The van der Waals surface area contributed by atoms with Crippen LogP contribution in [0.2, 0.25) is 0 Å². The van der Waals surface area contributed by atoms with Crippen molar-refractivity contribution in [3.8, 4) is 5.75 Å². The number of carboxylic acids is 1. The smallest absolute Gasteiger partial charge is 0.478 e. The molecule has 94 valence electrons. The Hall–Kier alpha value is -0.580.